The van der Waals surface area contributed by atoms with Crippen molar-refractivity contribution in [1.82, 2.24) is 0 Å². The standard InChI is InChI=1S/C18H21NO/c1-12-6-5-7-15(16(12)19)17(20)13-8-10-14(11-9-13)18(2,3)4/h5-11H,19H2,1-4H3. The van der Waals surface area contributed by atoms with E-state index in [4.69, 9.17) is 5.73 Å². The van der Waals surface area contributed by atoms with Gasteiger partial charge in [0.15, 0.2) is 5.78 Å². The van der Waals surface area contributed by atoms with Crippen LogP contribution in [0.15, 0.2) is 42.5 Å². The van der Waals surface area contributed by atoms with Crippen LogP contribution in [0.3, 0.4) is 0 Å². The van der Waals surface area contributed by atoms with E-state index in [0.29, 0.717) is 16.8 Å². The van der Waals surface area contributed by atoms with Gasteiger partial charge in [-0.15, -0.1) is 0 Å². The second-order valence-electron chi connectivity index (χ2n) is 6.19. The predicted molar refractivity (Wildman–Crippen MR) is 84.2 cm³/mol. The lowest BCUT2D eigenvalue weighted by molar-refractivity contribution is 0.103. The minimum Gasteiger partial charge on any atom is -0.398 e. The van der Waals surface area contributed by atoms with Crippen LogP contribution in [-0.2, 0) is 5.41 Å². The van der Waals surface area contributed by atoms with Crippen molar-refractivity contribution in [3.8, 4) is 0 Å². The summed E-state index contributed by atoms with van der Waals surface area (Å²) in [6.07, 6.45) is 0. The van der Waals surface area contributed by atoms with E-state index in [1.54, 1.807) is 6.07 Å². The monoisotopic (exact) mass is 267 g/mol. The van der Waals surface area contributed by atoms with Crippen LogP contribution >= 0.6 is 0 Å². The summed E-state index contributed by atoms with van der Waals surface area (Å²) in [5.74, 6) is -0.0216. The molecular weight excluding hydrogens is 246 g/mol. The van der Waals surface area contributed by atoms with Crippen molar-refractivity contribution < 1.29 is 4.79 Å². The first-order chi connectivity index (χ1) is 9.30. The van der Waals surface area contributed by atoms with Crippen LogP contribution in [0, 0.1) is 6.92 Å². The highest BCUT2D eigenvalue weighted by atomic mass is 16.1. The Morgan fingerprint density at radius 3 is 2.15 bits per heavy atom. The third kappa shape index (κ3) is 2.74. The summed E-state index contributed by atoms with van der Waals surface area (Å²) in [4.78, 5) is 12.5. The molecule has 2 rings (SSSR count). The van der Waals surface area contributed by atoms with Gasteiger partial charge in [0.25, 0.3) is 0 Å². The van der Waals surface area contributed by atoms with Crippen LogP contribution in [0.2, 0.25) is 0 Å². The third-order valence-corrected chi connectivity index (χ3v) is 3.58. The molecule has 2 aromatic carbocycles. The van der Waals surface area contributed by atoms with Gasteiger partial charge < -0.3 is 5.73 Å². The Kier molecular flexibility index (Phi) is 3.67. The average molecular weight is 267 g/mol. The highest BCUT2D eigenvalue weighted by molar-refractivity contribution is 6.12. The van der Waals surface area contributed by atoms with E-state index in [2.05, 4.69) is 20.8 Å². The first-order valence-electron chi connectivity index (χ1n) is 6.81. The van der Waals surface area contributed by atoms with Crippen LogP contribution in [0.5, 0.6) is 0 Å². The maximum Gasteiger partial charge on any atom is 0.195 e. The van der Waals surface area contributed by atoms with Gasteiger partial charge >= 0.3 is 0 Å². The number of hydrogen-bond acceptors (Lipinski definition) is 2. The molecule has 0 saturated heterocycles. The average Bonchev–Trinajstić information content (AvgIpc) is 2.40. The quantitative estimate of drug-likeness (QED) is 0.657. The number of aryl methyl sites for hydroxylation is 1. The minimum absolute atomic E-state index is 0.0216. The number of carbonyl (C=O) groups is 1. The number of para-hydroxylation sites is 1. The number of nitrogen functional groups attached to an aromatic ring is 1. The topological polar surface area (TPSA) is 43.1 Å². The summed E-state index contributed by atoms with van der Waals surface area (Å²) < 4.78 is 0. The van der Waals surface area contributed by atoms with Crippen LogP contribution in [-0.4, -0.2) is 5.78 Å². The molecule has 0 aliphatic heterocycles. The lowest BCUT2D eigenvalue weighted by Gasteiger charge is -2.19. The molecule has 2 N–H and O–H groups in total. The van der Waals surface area contributed by atoms with Crippen LogP contribution in [0.4, 0.5) is 5.69 Å². The van der Waals surface area contributed by atoms with E-state index < -0.39 is 0 Å². The highest BCUT2D eigenvalue weighted by Crippen LogP contribution is 2.24. The Morgan fingerprint density at radius 1 is 1.00 bits per heavy atom. The van der Waals surface area contributed by atoms with Gasteiger partial charge in [0.1, 0.15) is 0 Å². The largest absolute Gasteiger partial charge is 0.398 e. The summed E-state index contributed by atoms with van der Waals surface area (Å²) in [5.41, 5.74) is 10.1. The van der Waals surface area contributed by atoms with Gasteiger partial charge in [0, 0.05) is 16.8 Å². The molecule has 0 radical (unpaired) electrons. The molecule has 2 nitrogen and oxygen atoms in total. The SMILES string of the molecule is Cc1cccc(C(=O)c2ccc(C(C)(C)C)cc2)c1N. The van der Waals surface area contributed by atoms with Gasteiger partial charge in [-0.1, -0.05) is 57.2 Å². The second-order valence-corrected chi connectivity index (χ2v) is 6.19. The highest BCUT2D eigenvalue weighted by Gasteiger charge is 2.16. The van der Waals surface area contributed by atoms with E-state index >= 15 is 0 Å². The summed E-state index contributed by atoms with van der Waals surface area (Å²) in [6, 6.07) is 13.3. The number of anilines is 1. The summed E-state index contributed by atoms with van der Waals surface area (Å²) in [5, 5.41) is 0. The maximum atomic E-state index is 12.5. The Hall–Kier alpha value is -2.09. The molecule has 0 fully saturated rings. The van der Waals surface area contributed by atoms with Crippen molar-refractivity contribution in [2.75, 3.05) is 5.73 Å². The van der Waals surface area contributed by atoms with E-state index in [1.165, 1.54) is 5.56 Å². The molecule has 0 unspecified atom stereocenters. The molecule has 0 heterocycles. The molecular formula is C18H21NO. The van der Waals surface area contributed by atoms with Crippen molar-refractivity contribution >= 4 is 11.5 Å². The zero-order chi connectivity index (χ0) is 14.9. The Labute approximate surface area is 120 Å². The Morgan fingerprint density at radius 2 is 1.60 bits per heavy atom. The van der Waals surface area contributed by atoms with Crippen molar-refractivity contribution in [2.45, 2.75) is 33.1 Å². The molecule has 0 saturated carbocycles. The van der Waals surface area contributed by atoms with Crippen LogP contribution < -0.4 is 5.73 Å². The van der Waals surface area contributed by atoms with Gasteiger partial charge in [-0.05, 0) is 29.5 Å². The Bertz CT molecular complexity index is 633. The fourth-order valence-corrected chi connectivity index (χ4v) is 2.16. The van der Waals surface area contributed by atoms with E-state index in [-0.39, 0.29) is 11.2 Å². The lowest BCUT2D eigenvalue weighted by Crippen LogP contribution is -2.12. The van der Waals surface area contributed by atoms with Crippen molar-refractivity contribution in [3.05, 3.63) is 64.7 Å². The molecule has 0 aliphatic carbocycles. The summed E-state index contributed by atoms with van der Waals surface area (Å²) in [7, 11) is 0. The van der Waals surface area contributed by atoms with E-state index in [1.807, 2.05) is 43.3 Å². The lowest BCUT2D eigenvalue weighted by atomic mass is 9.86. The molecule has 0 amide bonds. The summed E-state index contributed by atoms with van der Waals surface area (Å²) in [6.45, 7) is 8.38. The van der Waals surface area contributed by atoms with Gasteiger partial charge in [-0.3, -0.25) is 4.79 Å². The smallest absolute Gasteiger partial charge is 0.195 e. The van der Waals surface area contributed by atoms with Gasteiger partial charge in [-0.2, -0.15) is 0 Å². The van der Waals surface area contributed by atoms with E-state index in [9.17, 15) is 4.79 Å². The number of carbonyl (C=O) groups excluding carboxylic acids is 1. The normalized spacial score (nSPS) is 11.4. The number of benzene rings is 2. The third-order valence-electron chi connectivity index (χ3n) is 3.58. The number of ketones is 1. The number of rotatable bonds is 2. The Balaban J connectivity index is 2.37. The molecule has 20 heavy (non-hydrogen) atoms. The molecule has 0 spiro atoms. The molecule has 0 aromatic heterocycles. The molecule has 0 bridgehead atoms. The van der Waals surface area contributed by atoms with Gasteiger partial charge in [0.2, 0.25) is 0 Å². The van der Waals surface area contributed by atoms with E-state index in [0.717, 1.165) is 5.56 Å². The molecule has 2 heteroatoms. The molecule has 0 aliphatic rings. The zero-order valence-electron chi connectivity index (χ0n) is 12.5. The fraction of sp³-hybridized carbons (Fsp3) is 0.278. The predicted octanol–water partition coefficient (Wildman–Crippen LogP) is 4.11. The van der Waals surface area contributed by atoms with Crippen molar-refractivity contribution in [1.29, 1.82) is 0 Å². The molecule has 2 aromatic rings. The van der Waals surface area contributed by atoms with Gasteiger partial charge in [0.05, 0.1) is 0 Å². The van der Waals surface area contributed by atoms with Crippen molar-refractivity contribution in [3.63, 3.8) is 0 Å². The fourth-order valence-electron chi connectivity index (χ4n) is 2.16. The van der Waals surface area contributed by atoms with Crippen LogP contribution in [0.1, 0.15) is 47.8 Å². The van der Waals surface area contributed by atoms with Crippen LogP contribution in [0.25, 0.3) is 0 Å². The first-order valence-corrected chi connectivity index (χ1v) is 6.81. The van der Waals surface area contributed by atoms with Crippen molar-refractivity contribution in [2.24, 2.45) is 0 Å². The molecule has 0 atom stereocenters. The minimum atomic E-state index is -0.0216. The number of nitrogens with two attached hydrogens (primary N) is 1. The second kappa shape index (κ2) is 5.12. The molecule has 104 valence electrons. The summed E-state index contributed by atoms with van der Waals surface area (Å²) >= 11 is 0. The number of hydrogen-bond donors (Lipinski definition) is 1. The first kappa shape index (κ1) is 14.3. The zero-order valence-corrected chi connectivity index (χ0v) is 12.5. The maximum absolute atomic E-state index is 12.5. The van der Waals surface area contributed by atoms with Gasteiger partial charge in [-0.25, -0.2) is 0 Å².